The maximum Gasteiger partial charge on any atom is 0.282 e. The summed E-state index contributed by atoms with van der Waals surface area (Å²) in [7, 11) is 1.58. The first-order valence-electron chi connectivity index (χ1n) is 7.41. The van der Waals surface area contributed by atoms with Crippen molar-refractivity contribution < 1.29 is 18.4 Å². The van der Waals surface area contributed by atoms with Crippen molar-refractivity contribution in [3.8, 4) is 0 Å². The summed E-state index contributed by atoms with van der Waals surface area (Å²) in [4.78, 5) is 26.3. The third kappa shape index (κ3) is 4.39. The lowest BCUT2D eigenvalue weighted by molar-refractivity contribution is -0.133. The lowest BCUT2D eigenvalue weighted by Gasteiger charge is -2.37. The van der Waals surface area contributed by atoms with Gasteiger partial charge < -0.3 is 9.80 Å². The molecule has 0 aliphatic heterocycles. The van der Waals surface area contributed by atoms with Gasteiger partial charge in [0.05, 0.1) is 0 Å². The van der Waals surface area contributed by atoms with Crippen LogP contribution >= 0.6 is 0 Å². The van der Waals surface area contributed by atoms with Crippen molar-refractivity contribution in [1.29, 1.82) is 0 Å². The first-order valence-corrected chi connectivity index (χ1v) is 7.41. The molecule has 6 heteroatoms. The van der Waals surface area contributed by atoms with Crippen molar-refractivity contribution in [2.45, 2.75) is 51.6 Å². The maximum absolute atomic E-state index is 14.0. The van der Waals surface area contributed by atoms with Crippen LogP contribution in [-0.2, 0) is 9.59 Å². The van der Waals surface area contributed by atoms with Gasteiger partial charge >= 0.3 is 0 Å². The monoisotopic (exact) mass is 314 g/mol. The van der Waals surface area contributed by atoms with Crippen LogP contribution in [0.2, 0.25) is 0 Å². The summed E-state index contributed by atoms with van der Waals surface area (Å²) < 4.78 is 27.0. The number of rotatable bonds is 7. The second-order valence-electron chi connectivity index (χ2n) is 6.17. The molecule has 0 aromatic carbocycles. The average Bonchev–Trinajstić information content (AvgIpc) is 3.27. The molecule has 0 spiro atoms. The Labute approximate surface area is 130 Å². The summed E-state index contributed by atoms with van der Waals surface area (Å²) in [6.45, 7) is 8.35. The molecule has 0 N–H and O–H groups in total. The number of carbonyl (C=O) groups is 2. The maximum atomic E-state index is 14.0. The molecular weight excluding hydrogens is 290 g/mol. The molecule has 0 heterocycles. The van der Waals surface area contributed by atoms with Crippen LogP contribution in [0.5, 0.6) is 0 Å². The van der Waals surface area contributed by atoms with Gasteiger partial charge in [-0.2, -0.15) is 0 Å². The standard InChI is InChI=1S/C16H24F2N2O2/c1-6-20(14(21)11(2)17)16(3,4)10-9-13(18)15(22)19(5)12-7-8-12/h9,12H,2,6-8,10H2,1,3-5H3/b13-9-. The molecule has 2 amide bonds. The van der Waals surface area contributed by atoms with Crippen LogP contribution in [0.3, 0.4) is 0 Å². The highest BCUT2D eigenvalue weighted by Crippen LogP contribution is 2.27. The van der Waals surface area contributed by atoms with E-state index in [0.29, 0.717) is 0 Å². The van der Waals surface area contributed by atoms with Crippen LogP contribution in [0, 0.1) is 0 Å². The van der Waals surface area contributed by atoms with Gasteiger partial charge in [0.2, 0.25) is 0 Å². The van der Waals surface area contributed by atoms with Crippen molar-refractivity contribution in [2.75, 3.05) is 13.6 Å². The zero-order chi connectivity index (χ0) is 17.1. The number of nitrogens with zero attached hydrogens (tertiary/aromatic N) is 2. The van der Waals surface area contributed by atoms with Gasteiger partial charge in [-0.1, -0.05) is 6.58 Å². The largest absolute Gasteiger partial charge is 0.337 e. The first-order chi connectivity index (χ1) is 10.1. The van der Waals surface area contributed by atoms with Gasteiger partial charge in [-0.15, -0.1) is 0 Å². The van der Waals surface area contributed by atoms with E-state index in [9.17, 15) is 18.4 Å². The Morgan fingerprint density at radius 1 is 1.27 bits per heavy atom. The SMILES string of the molecule is C=C(F)C(=O)N(CC)C(C)(C)C/C=C(\F)C(=O)N(C)C1CC1. The number of hydrogen-bond acceptors (Lipinski definition) is 2. The minimum absolute atomic E-state index is 0.107. The van der Waals surface area contributed by atoms with Crippen molar-refractivity contribution in [1.82, 2.24) is 9.80 Å². The van der Waals surface area contributed by atoms with Crippen molar-refractivity contribution in [3.05, 3.63) is 24.3 Å². The van der Waals surface area contributed by atoms with E-state index in [0.717, 1.165) is 18.9 Å². The summed E-state index contributed by atoms with van der Waals surface area (Å²) in [5, 5.41) is 0. The second kappa shape index (κ2) is 7.03. The summed E-state index contributed by atoms with van der Waals surface area (Å²) in [5.74, 6) is -3.36. The van der Waals surface area contributed by atoms with Gasteiger partial charge in [-0.05, 0) is 46.1 Å². The van der Waals surface area contributed by atoms with Gasteiger partial charge in [-0.3, -0.25) is 9.59 Å². The molecule has 1 fully saturated rings. The Kier molecular flexibility index (Phi) is 5.85. The highest BCUT2D eigenvalue weighted by atomic mass is 19.1. The van der Waals surface area contributed by atoms with Crippen molar-refractivity contribution in [3.63, 3.8) is 0 Å². The summed E-state index contributed by atoms with van der Waals surface area (Å²) in [6, 6.07) is 0.128. The molecule has 1 aliphatic carbocycles. The van der Waals surface area contributed by atoms with Crippen LogP contribution in [0.1, 0.15) is 40.0 Å². The minimum atomic E-state index is -1.05. The predicted molar refractivity (Wildman–Crippen MR) is 81.3 cm³/mol. The third-order valence-corrected chi connectivity index (χ3v) is 3.92. The number of likely N-dealkylation sites (N-methyl/N-ethyl adjacent to an activating group) is 2. The molecule has 1 saturated carbocycles. The first kappa shape index (κ1) is 18.3. The highest BCUT2D eigenvalue weighted by molar-refractivity contribution is 5.92. The summed E-state index contributed by atoms with van der Waals surface area (Å²) >= 11 is 0. The van der Waals surface area contributed by atoms with Gasteiger partial charge in [0.1, 0.15) is 0 Å². The van der Waals surface area contributed by atoms with Gasteiger partial charge in [0, 0.05) is 25.2 Å². The number of amides is 2. The predicted octanol–water partition coefficient (Wildman–Crippen LogP) is 2.96. The molecule has 0 aromatic rings. The lowest BCUT2D eigenvalue weighted by Crippen LogP contribution is -2.47. The Bertz CT molecular complexity index is 496. The number of hydrogen-bond donors (Lipinski definition) is 0. The van der Waals surface area contributed by atoms with Crippen LogP contribution in [0.25, 0.3) is 0 Å². The Morgan fingerprint density at radius 2 is 1.82 bits per heavy atom. The van der Waals surface area contributed by atoms with Crippen molar-refractivity contribution >= 4 is 11.8 Å². The van der Waals surface area contributed by atoms with Crippen LogP contribution < -0.4 is 0 Å². The smallest absolute Gasteiger partial charge is 0.282 e. The quantitative estimate of drug-likeness (QED) is 0.678. The molecule has 0 saturated heterocycles. The molecule has 0 unspecified atom stereocenters. The zero-order valence-electron chi connectivity index (χ0n) is 13.7. The molecule has 1 rings (SSSR count). The van der Waals surface area contributed by atoms with Crippen LogP contribution in [0.15, 0.2) is 24.3 Å². The Balaban J connectivity index is 2.77. The molecule has 0 radical (unpaired) electrons. The lowest BCUT2D eigenvalue weighted by atomic mass is 9.97. The summed E-state index contributed by atoms with van der Waals surface area (Å²) in [5.41, 5.74) is -0.823. The van der Waals surface area contributed by atoms with E-state index >= 15 is 0 Å². The van der Waals surface area contributed by atoms with Crippen molar-refractivity contribution in [2.24, 2.45) is 0 Å². The van der Waals surface area contributed by atoms with E-state index in [1.54, 1.807) is 27.8 Å². The molecule has 4 nitrogen and oxygen atoms in total. The van der Waals surface area contributed by atoms with Gasteiger partial charge in [-0.25, -0.2) is 8.78 Å². The molecule has 22 heavy (non-hydrogen) atoms. The topological polar surface area (TPSA) is 40.6 Å². The average molecular weight is 314 g/mol. The van der Waals surface area contributed by atoms with E-state index in [-0.39, 0.29) is 19.0 Å². The molecule has 0 atom stereocenters. The molecule has 124 valence electrons. The Hall–Kier alpha value is -1.72. The normalized spacial score (nSPS) is 15.5. The van der Waals surface area contributed by atoms with Gasteiger partial charge in [0.25, 0.3) is 11.8 Å². The van der Waals surface area contributed by atoms with E-state index < -0.39 is 29.0 Å². The second-order valence-corrected chi connectivity index (χ2v) is 6.17. The van der Waals surface area contributed by atoms with E-state index in [1.165, 1.54) is 9.80 Å². The van der Waals surface area contributed by atoms with Gasteiger partial charge in [0.15, 0.2) is 11.7 Å². The van der Waals surface area contributed by atoms with E-state index in [4.69, 9.17) is 0 Å². The minimum Gasteiger partial charge on any atom is -0.337 e. The Morgan fingerprint density at radius 3 is 2.23 bits per heavy atom. The molecule has 0 bridgehead atoms. The van der Waals surface area contributed by atoms with E-state index in [2.05, 4.69) is 6.58 Å². The fraction of sp³-hybridized carbons (Fsp3) is 0.625. The third-order valence-electron chi connectivity index (χ3n) is 3.92. The fourth-order valence-corrected chi connectivity index (χ4v) is 2.33. The van der Waals surface area contributed by atoms with Crippen LogP contribution in [0.4, 0.5) is 8.78 Å². The highest BCUT2D eigenvalue weighted by Gasteiger charge is 2.33. The number of carbonyl (C=O) groups excluding carboxylic acids is 2. The molecule has 1 aliphatic rings. The molecular formula is C16H24F2N2O2. The molecule has 0 aromatic heterocycles. The van der Waals surface area contributed by atoms with Crippen LogP contribution in [-0.4, -0.2) is 46.8 Å². The fourth-order valence-electron chi connectivity index (χ4n) is 2.33. The summed E-state index contributed by atoms with van der Waals surface area (Å²) in [6.07, 6.45) is 3.07. The zero-order valence-corrected chi connectivity index (χ0v) is 13.7. The number of halogens is 2. The van der Waals surface area contributed by atoms with E-state index in [1.807, 2.05) is 0 Å².